The van der Waals surface area contributed by atoms with Crippen LogP contribution in [0.15, 0.2) is 4.47 Å². The van der Waals surface area contributed by atoms with Gasteiger partial charge in [-0.1, -0.05) is 6.92 Å². The van der Waals surface area contributed by atoms with E-state index in [0.29, 0.717) is 12.0 Å². The molecule has 17 heavy (non-hydrogen) atoms. The van der Waals surface area contributed by atoms with Crippen LogP contribution in [0.4, 0.5) is 5.82 Å². The van der Waals surface area contributed by atoms with Gasteiger partial charge >= 0.3 is 0 Å². The van der Waals surface area contributed by atoms with Crippen LogP contribution in [-0.2, 0) is 11.2 Å². The summed E-state index contributed by atoms with van der Waals surface area (Å²) in [6.45, 7) is 4.98. The molecule has 1 aromatic rings. The van der Waals surface area contributed by atoms with Gasteiger partial charge in [0.1, 0.15) is 5.82 Å². The van der Waals surface area contributed by atoms with E-state index < -0.39 is 0 Å². The van der Waals surface area contributed by atoms with Crippen molar-refractivity contribution in [3.63, 3.8) is 0 Å². The summed E-state index contributed by atoms with van der Waals surface area (Å²) in [5, 5.41) is 8.20. The van der Waals surface area contributed by atoms with E-state index in [1.807, 2.05) is 0 Å². The third-order valence-electron chi connectivity index (χ3n) is 3.81. The zero-order valence-corrected chi connectivity index (χ0v) is 11.7. The van der Waals surface area contributed by atoms with Gasteiger partial charge in [0.2, 0.25) is 0 Å². The Morgan fingerprint density at radius 1 is 1.53 bits per heavy atom. The van der Waals surface area contributed by atoms with Gasteiger partial charge in [-0.3, -0.25) is 0 Å². The summed E-state index contributed by atoms with van der Waals surface area (Å²) >= 11 is 3.66. The fourth-order valence-electron chi connectivity index (χ4n) is 2.84. The molecule has 0 radical (unpaired) electrons. The number of nitrogens with zero attached hydrogens (tertiary/aromatic N) is 2. The molecule has 1 saturated heterocycles. The first-order valence-corrected chi connectivity index (χ1v) is 7.19. The van der Waals surface area contributed by atoms with Gasteiger partial charge in [-0.05, 0) is 35.2 Å². The Morgan fingerprint density at radius 3 is 3.12 bits per heavy atom. The fraction of sp³-hybridized carbons (Fsp3) is 0.750. The van der Waals surface area contributed by atoms with Gasteiger partial charge in [-0.2, -0.15) is 5.10 Å². The Bertz CT molecular complexity index is 412. The lowest BCUT2D eigenvalue weighted by Crippen LogP contribution is -2.29. The van der Waals surface area contributed by atoms with E-state index in [2.05, 4.69) is 32.9 Å². The number of aromatic nitrogens is 2. The van der Waals surface area contributed by atoms with Crippen LogP contribution in [0.2, 0.25) is 0 Å². The smallest absolute Gasteiger partial charge is 0.139 e. The molecule has 0 bridgehead atoms. The average Bonchev–Trinajstić information content (AvgIpc) is 2.97. The van der Waals surface area contributed by atoms with Crippen LogP contribution in [-0.4, -0.2) is 29.5 Å². The van der Waals surface area contributed by atoms with Crippen molar-refractivity contribution in [1.82, 2.24) is 9.78 Å². The Morgan fingerprint density at radius 2 is 2.41 bits per heavy atom. The highest BCUT2D eigenvalue weighted by Crippen LogP contribution is 2.38. The Labute approximate surface area is 110 Å². The molecule has 1 N–H and O–H groups in total. The maximum Gasteiger partial charge on any atom is 0.139 e. The molecular formula is C12H18BrN3O. The summed E-state index contributed by atoms with van der Waals surface area (Å²) in [4.78, 5) is 0. The SMILES string of the molecule is CCc1nn2c(c1Br)NCCC2C1CCOC1. The van der Waals surface area contributed by atoms with Gasteiger partial charge < -0.3 is 10.1 Å². The van der Waals surface area contributed by atoms with Gasteiger partial charge in [0.15, 0.2) is 0 Å². The number of aryl methyl sites for hydroxylation is 1. The van der Waals surface area contributed by atoms with Crippen molar-refractivity contribution in [3.05, 3.63) is 10.2 Å². The maximum absolute atomic E-state index is 5.52. The van der Waals surface area contributed by atoms with Crippen LogP contribution < -0.4 is 5.32 Å². The van der Waals surface area contributed by atoms with Crippen molar-refractivity contribution in [2.24, 2.45) is 5.92 Å². The molecule has 0 aromatic carbocycles. The summed E-state index contributed by atoms with van der Waals surface area (Å²) in [6, 6.07) is 0.505. The summed E-state index contributed by atoms with van der Waals surface area (Å²) in [6.07, 6.45) is 3.29. The van der Waals surface area contributed by atoms with Crippen LogP contribution >= 0.6 is 15.9 Å². The minimum Gasteiger partial charge on any atom is -0.381 e. The number of hydrogen-bond acceptors (Lipinski definition) is 3. The minimum absolute atomic E-state index is 0.505. The van der Waals surface area contributed by atoms with E-state index in [1.54, 1.807) is 0 Å². The minimum atomic E-state index is 0.505. The standard InChI is InChI=1S/C12H18BrN3O/c1-2-9-11(13)12-14-5-3-10(16(12)15-9)8-4-6-17-7-8/h8,10,14H,2-7H2,1H3. The monoisotopic (exact) mass is 299 g/mol. The quantitative estimate of drug-likeness (QED) is 0.912. The fourth-order valence-corrected chi connectivity index (χ4v) is 3.52. The Hall–Kier alpha value is -0.550. The van der Waals surface area contributed by atoms with E-state index in [9.17, 15) is 0 Å². The molecule has 2 unspecified atom stereocenters. The number of hydrogen-bond donors (Lipinski definition) is 1. The topological polar surface area (TPSA) is 39.1 Å². The molecule has 5 heteroatoms. The van der Waals surface area contributed by atoms with Gasteiger partial charge in [-0.15, -0.1) is 0 Å². The highest BCUT2D eigenvalue weighted by atomic mass is 79.9. The molecule has 0 spiro atoms. The lowest BCUT2D eigenvalue weighted by Gasteiger charge is -2.29. The summed E-state index contributed by atoms with van der Waals surface area (Å²) in [5.74, 6) is 1.79. The zero-order chi connectivity index (χ0) is 11.8. The molecule has 1 aromatic heterocycles. The summed E-state index contributed by atoms with van der Waals surface area (Å²) < 4.78 is 8.84. The summed E-state index contributed by atoms with van der Waals surface area (Å²) in [7, 11) is 0. The van der Waals surface area contributed by atoms with Crippen LogP contribution in [0.5, 0.6) is 0 Å². The molecular weight excluding hydrogens is 282 g/mol. The highest BCUT2D eigenvalue weighted by Gasteiger charge is 2.32. The van der Waals surface area contributed by atoms with Crippen LogP contribution in [0.1, 0.15) is 31.5 Å². The second kappa shape index (κ2) is 4.61. The number of ether oxygens (including phenoxy) is 1. The van der Waals surface area contributed by atoms with E-state index in [1.165, 1.54) is 6.42 Å². The third kappa shape index (κ3) is 1.89. The highest BCUT2D eigenvalue weighted by molar-refractivity contribution is 9.10. The maximum atomic E-state index is 5.52. The van der Waals surface area contributed by atoms with Crippen molar-refractivity contribution < 1.29 is 4.74 Å². The first kappa shape index (κ1) is 11.5. The van der Waals surface area contributed by atoms with E-state index in [0.717, 1.165) is 48.6 Å². The van der Waals surface area contributed by atoms with E-state index in [4.69, 9.17) is 9.84 Å². The van der Waals surface area contributed by atoms with Gasteiger partial charge in [0.25, 0.3) is 0 Å². The molecule has 0 saturated carbocycles. The Kier molecular flexibility index (Phi) is 3.13. The number of halogens is 1. The second-order valence-corrected chi connectivity index (χ2v) is 5.61. The van der Waals surface area contributed by atoms with Crippen molar-refractivity contribution >= 4 is 21.7 Å². The molecule has 2 aliphatic heterocycles. The zero-order valence-electron chi connectivity index (χ0n) is 10.1. The van der Waals surface area contributed by atoms with Gasteiger partial charge in [-0.25, -0.2) is 4.68 Å². The molecule has 3 heterocycles. The molecule has 3 rings (SSSR count). The van der Waals surface area contributed by atoms with Crippen molar-refractivity contribution in [2.75, 3.05) is 25.1 Å². The molecule has 2 aliphatic rings. The first-order valence-electron chi connectivity index (χ1n) is 6.39. The normalized spacial score (nSPS) is 27.9. The number of rotatable bonds is 2. The largest absolute Gasteiger partial charge is 0.381 e. The lowest BCUT2D eigenvalue weighted by atomic mass is 9.95. The molecule has 0 amide bonds. The predicted molar refractivity (Wildman–Crippen MR) is 70.4 cm³/mol. The molecule has 4 nitrogen and oxygen atoms in total. The number of fused-ring (bicyclic) bond motifs is 1. The molecule has 0 aliphatic carbocycles. The Balaban J connectivity index is 1.95. The lowest BCUT2D eigenvalue weighted by molar-refractivity contribution is 0.167. The van der Waals surface area contributed by atoms with E-state index in [-0.39, 0.29) is 0 Å². The van der Waals surface area contributed by atoms with Gasteiger partial charge in [0.05, 0.1) is 22.8 Å². The van der Waals surface area contributed by atoms with Crippen molar-refractivity contribution in [3.8, 4) is 0 Å². The third-order valence-corrected chi connectivity index (χ3v) is 4.64. The van der Waals surface area contributed by atoms with Crippen molar-refractivity contribution in [1.29, 1.82) is 0 Å². The summed E-state index contributed by atoms with van der Waals surface area (Å²) in [5.41, 5.74) is 1.15. The predicted octanol–water partition coefficient (Wildman–Crippen LogP) is 2.60. The number of nitrogens with one attached hydrogen (secondary N) is 1. The molecule has 94 valence electrons. The van der Waals surface area contributed by atoms with Gasteiger partial charge in [0, 0.05) is 19.1 Å². The second-order valence-electron chi connectivity index (χ2n) is 4.81. The molecule has 2 atom stereocenters. The van der Waals surface area contributed by atoms with Crippen molar-refractivity contribution in [2.45, 2.75) is 32.2 Å². The van der Waals surface area contributed by atoms with Crippen LogP contribution in [0.25, 0.3) is 0 Å². The van der Waals surface area contributed by atoms with Crippen LogP contribution in [0, 0.1) is 5.92 Å². The van der Waals surface area contributed by atoms with E-state index >= 15 is 0 Å². The first-order chi connectivity index (χ1) is 8.31. The number of anilines is 1. The van der Waals surface area contributed by atoms with Crippen LogP contribution in [0.3, 0.4) is 0 Å². The molecule has 1 fully saturated rings. The average molecular weight is 300 g/mol.